The lowest BCUT2D eigenvalue weighted by molar-refractivity contribution is -0.681. The Morgan fingerprint density at radius 3 is 2.79 bits per heavy atom. The van der Waals surface area contributed by atoms with Crippen molar-refractivity contribution in [3.63, 3.8) is 0 Å². The van der Waals surface area contributed by atoms with E-state index >= 15 is 0 Å². The van der Waals surface area contributed by atoms with Gasteiger partial charge in [0.05, 0.1) is 12.4 Å². The molecule has 2 aromatic rings. The van der Waals surface area contributed by atoms with Gasteiger partial charge >= 0.3 is 0 Å². The van der Waals surface area contributed by atoms with Crippen LogP contribution >= 0.6 is 0 Å². The molecule has 19 heavy (non-hydrogen) atoms. The molecule has 1 fully saturated rings. The number of methoxy groups -OCH3 is 1. The Balaban J connectivity index is 1.99. The van der Waals surface area contributed by atoms with Crippen LogP contribution in [0.4, 0.5) is 0 Å². The quantitative estimate of drug-likeness (QED) is 0.768. The minimum absolute atomic E-state index is 0.235. The number of nitrogens with zero attached hydrogens (tertiary/aromatic N) is 2. The largest absolute Gasteiger partial charge is 0.539 e. The summed E-state index contributed by atoms with van der Waals surface area (Å²) in [5, 5.41) is 15.6. The molecule has 0 spiro atoms. The van der Waals surface area contributed by atoms with E-state index in [0.717, 1.165) is 24.3 Å². The smallest absolute Gasteiger partial charge is 0.268 e. The Labute approximate surface area is 110 Å². The van der Waals surface area contributed by atoms with E-state index in [4.69, 9.17) is 14.0 Å². The molecule has 0 aliphatic carbocycles. The number of hydrogen-bond donors (Lipinski definition) is 0. The molecule has 1 saturated heterocycles. The van der Waals surface area contributed by atoms with Crippen LogP contribution < -0.4 is 14.5 Å². The summed E-state index contributed by atoms with van der Waals surface area (Å²) >= 11 is 0. The molecule has 1 aromatic heterocycles. The van der Waals surface area contributed by atoms with E-state index in [1.165, 1.54) is 4.68 Å². The lowest BCUT2D eigenvalue weighted by Gasteiger charge is -2.05. The van der Waals surface area contributed by atoms with Gasteiger partial charge in [-0.1, -0.05) is 0 Å². The zero-order chi connectivity index (χ0) is 13.2. The summed E-state index contributed by atoms with van der Waals surface area (Å²) in [5.41, 5.74) is 1.19. The predicted molar refractivity (Wildman–Crippen MR) is 62.0 cm³/mol. The molecule has 100 valence electrons. The molecule has 0 bridgehead atoms. The maximum Gasteiger partial charge on any atom is 0.268 e. The van der Waals surface area contributed by atoms with Gasteiger partial charge in [0.15, 0.2) is 5.95 Å². The Kier molecular flexibility index (Phi) is 3.08. The molecule has 6 nitrogen and oxygen atoms in total. The summed E-state index contributed by atoms with van der Waals surface area (Å²) in [4.78, 5) is 0. The summed E-state index contributed by atoms with van der Waals surface area (Å²) in [7, 11) is 1.60. The molecule has 0 N–H and O–H groups in total. The van der Waals surface area contributed by atoms with Crippen LogP contribution in [0.3, 0.4) is 0 Å². The van der Waals surface area contributed by atoms with Crippen LogP contribution in [0.25, 0.3) is 5.69 Å². The van der Waals surface area contributed by atoms with Crippen molar-refractivity contribution in [1.82, 2.24) is 5.27 Å². The molecule has 0 radical (unpaired) electrons. The molecule has 6 heteroatoms. The van der Waals surface area contributed by atoms with Crippen LogP contribution in [0.5, 0.6) is 11.7 Å². The summed E-state index contributed by atoms with van der Waals surface area (Å²) in [6, 6.07) is 7.25. The van der Waals surface area contributed by atoms with Crippen molar-refractivity contribution < 1.29 is 23.8 Å². The van der Waals surface area contributed by atoms with E-state index in [-0.39, 0.29) is 6.10 Å². The number of benzene rings is 1. The van der Waals surface area contributed by atoms with Crippen LogP contribution in [0, 0.1) is 0 Å². The molecular weight excluding hydrogens is 248 g/mol. The summed E-state index contributed by atoms with van der Waals surface area (Å²) in [5.74, 6) is 0.302. The molecule has 1 aliphatic heterocycles. The Morgan fingerprint density at radius 1 is 1.37 bits per heavy atom. The van der Waals surface area contributed by atoms with E-state index < -0.39 is 5.95 Å². The Hall–Kier alpha value is -2.08. The number of aromatic nitrogens is 2. The second-order valence-corrected chi connectivity index (χ2v) is 4.36. The lowest BCUT2D eigenvalue weighted by atomic mass is 10.2. The van der Waals surface area contributed by atoms with Gasteiger partial charge in [-0.25, -0.2) is 0 Å². The fraction of sp³-hybridized carbons (Fsp3) is 0.385. The van der Waals surface area contributed by atoms with E-state index in [1.54, 1.807) is 19.2 Å². The van der Waals surface area contributed by atoms with Gasteiger partial charge < -0.3 is 19.1 Å². The minimum atomic E-state index is -0.442. The van der Waals surface area contributed by atoms with Crippen molar-refractivity contribution in [2.45, 2.75) is 18.9 Å². The molecular formula is C13H14N2O4. The second-order valence-electron chi connectivity index (χ2n) is 4.36. The minimum Gasteiger partial charge on any atom is -0.539 e. The third kappa shape index (κ3) is 2.15. The van der Waals surface area contributed by atoms with Crippen LogP contribution in [0.15, 0.2) is 28.8 Å². The van der Waals surface area contributed by atoms with E-state index in [9.17, 15) is 5.11 Å². The standard InChI is InChI=1S/C13H14N2O4/c1-17-10-6-4-9(5-7-10)15-12(13(16)19-14-15)11-3-2-8-18-11/h4-7,11H,2-3,8H2,1H3. The molecule has 1 aromatic carbocycles. The van der Waals surface area contributed by atoms with Crippen molar-refractivity contribution in [2.75, 3.05) is 13.7 Å². The van der Waals surface area contributed by atoms with Crippen molar-refractivity contribution >= 4 is 0 Å². The van der Waals surface area contributed by atoms with Crippen molar-refractivity contribution in [1.29, 1.82) is 0 Å². The number of hydrogen-bond acceptors (Lipinski definition) is 5. The van der Waals surface area contributed by atoms with Gasteiger partial charge in [-0.2, -0.15) is 0 Å². The van der Waals surface area contributed by atoms with Gasteiger partial charge in [-0.05, 0) is 29.7 Å². The Bertz CT molecular complexity index is 559. The maximum atomic E-state index is 11.8. The van der Waals surface area contributed by atoms with Gasteiger partial charge in [0.2, 0.25) is 5.69 Å². The molecule has 1 unspecified atom stereocenters. The maximum absolute atomic E-state index is 11.8. The highest BCUT2D eigenvalue weighted by atomic mass is 16.6. The van der Waals surface area contributed by atoms with Gasteiger partial charge in [-0.3, -0.25) is 0 Å². The lowest BCUT2D eigenvalue weighted by Crippen LogP contribution is -2.38. The highest BCUT2D eigenvalue weighted by Gasteiger charge is 2.32. The zero-order valence-corrected chi connectivity index (χ0v) is 10.5. The average molecular weight is 262 g/mol. The predicted octanol–water partition coefficient (Wildman–Crippen LogP) is 0.885. The van der Waals surface area contributed by atoms with Crippen LogP contribution in [0.2, 0.25) is 0 Å². The first-order valence-electron chi connectivity index (χ1n) is 6.14. The number of rotatable bonds is 3. The van der Waals surface area contributed by atoms with Gasteiger partial charge in [0, 0.05) is 18.7 Å². The van der Waals surface area contributed by atoms with Crippen LogP contribution in [-0.2, 0) is 4.74 Å². The highest BCUT2D eigenvalue weighted by molar-refractivity contribution is 5.31. The first-order chi connectivity index (χ1) is 9.29. The van der Waals surface area contributed by atoms with Crippen LogP contribution in [-0.4, -0.2) is 19.0 Å². The third-order valence-electron chi connectivity index (χ3n) is 3.19. The van der Waals surface area contributed by atoms with Gasteiger partial charge in [0.25, 0.3) is 5.69 Å². The van der Waals surface area contributed by atoms with Crippen molar-refractivity contribution in [3.8, 4) is 17.4 Å². The van der Waals surface area contributed by atoms with E-state index in [2.05, 4.69) is 5.27 Å². The van der Waals surface area contributed by atoms with Gasteiger partial charge in [0.1, 0.15) is 11.9 Å². The SMILES string of the molecule is COc1ccc(-[n+]2noc([O-])c2C2CCCO2)cc1. The molecule has 0 amide bonds. The first kappa shape index (κ1) is 12.0. The fourth-order valence-electron chi connectivity index (χ4n) is 2.23. The van der Waals surface area contributed by atoms with E-state index in [1.807, 2.05) is 12.1 Å². The van der Waals surface area contributed by atoms with Crippen LogP contribution in [0.1, 0.15) is 24.6 Å². The second kappa shape index (κ2) is 4.89. The van der Waals surface area contributed by atoms with E-state index in [0.29, 0.717) is 12.3 Å². The molecule has 1 atom stereocenters. The van der Waals surface area contributed by atoms with Crippen molar-refractivity contribution in [3.05, 3.63) is 30.0 Å². The fourth-order valence-corrected chi connectivity index (χ4v) is 2.23. The molecule has 0 saturated carbocycles. The normalized spacial score (nSPS) is 18.7. The summed E-state index contributed by atoms with van der Waals surface area (Å²) in [6.07, 6.45) is 1.52. The topological polar surface area (TPSA) is 71.4 Å². The molecule has 3 rings (SSSR count). The zero-order valence-electron chi connectivity index (χ0n) is 10.5. The summed E-state index contributed by atoms with van der Waals surface area (Å²) in [6.45, 7) is 0.665. The van der Waals surface area contributed by atoms with Gasteiger partial charge in [-0.15, -0.1) is 0 Å². The monoisotopic (exact) mass is 262 g/mol. The molecule has 1 aliphatic rings. The number of ether oxygens (including phenoxy) is 2. The van der Waals surface area contributed by atoms with Crippen molar-refractivity contribution in [2.24, 2.45) is 0 Å². The third-order valence-corrected chi connectivity index (χ3v) is 3.19. The highest BCUT2D eigenvalue weighted by Crippen LogP contribution is 2.30. The first-order valence-corrected chi connectivity index (χ1v) is 6.14. The Morgan fingerprint density at radius 2 is 2.16 bits per heavy atom. The average Bonchev–Trinajstić information content (AvgIpc) is 3.08. The summed E-state index contributed by atoms with van der Waals surface area (Å²) < 4.78 is 16.9. The molecule has 2 heterocycles.